The van der Waals surface area contributed by atoms with Crippen LogP contribution < -0.4 is 0 Å². The number of amides is 1. The molecule has 8 nitrogen and oxygen atoms in total. The van der Waals surface area contributed by atoms with Crippen molar-refractivity contribution in [2.24, 2.45) is 38.7 Å². The second-order valence-electron chi connectivity index (χ2n) is 23.1. The molecule has 0 radical (unpaired) electrons. The fourth-order valence-corrected chi connectivity index (χ4v) is 6.68. The van der Waals surface area contributed by atoms with E-state index in [1.165, 1.54) is 0 Å². The highest BCUT2D eigenvalue weighted by atomic mass is 16.7. The van der Waals surface area contributed by atoms with E-state index in [0.29, 0.717) is 11.8 Å². The van der Waals surface area contributed by atoms with Gasteiger partial charge in [-0.15, -0.1) is 0 Å². The van der Waals surface area contributed by atoms with Crippen LogP contribution >= 0.6 is 0 Å². The number of cyclic esters (lactones) is 1. The van der Waals surface area contributed by atoms with Crippen molar-refractivity contribution < 1.29 is 23.8 Å². The van der Waals surface area contributed by atoms with Gasteiger partial charge in [0, 0.05) is 35.0 Å². The van der Waals surface area contributed by atoms with E-state index in [1.54, 1.807) is 0 Å². The van der Waals surface area contributed by atoms with E-state index >= 15 is 0 Å². The number of carbonyl (C=O) groups excluding carboxylic acids is 1. The average molecular weight is 738 g/mol. The molecule has 5 atom stereocenters. The monoisotopic (exact) mass is 738 g/mol. The Labute approximate surface area is 322 Å². The van der Waals surface area contributed by atoms with Gasteiger partial charge in [0.1, 0.15) is 12.3 Å². The number of hydrogen-bond acceptors (Lipinski definition) is 7. The van der Waals surface area contributed by atoms with Crippen molar-refractivity contribution in [3.63, 3.8) is 0 Å². The first-order valence-corrected chi connectivity index (χ1v) is 20.1. The van der Waals surface area contributed by atoms with Gasteiger partial charge in [0.25, 0.3) is 0 Å². The standard InChI is InChI=1S/C15H29NO2.C15H31NO.C14H27NO2/c1-11-9-15(8,13(2,3)4)18-12(17)16(10-11)14(5,6)7;1-12-9-15(8,13(2,3)4)17-11-16(10-12)14(5,6)7;1-12(2,3)11-8-9-14(7,13(4,5)6)16-10-17-15-11/h11H,9-10H2,1-8H3;12H,9-11H2,1-8H3;8-10H2,1-7H3/b;;15-11+/t11-,15-;12-,15-;14-/m111/s1. The number of ether oxygens (including phenoxy) is 3. The lowest BCUT2D eigenvalue weighted by Gasteiger charge is -2.42. The predicted octanol–water partition coefficient (Wildman–Crippen LogP) is 12.0. The van der Waals surface area contributed by atoms with Gasteiger partial charge in [-0.05, 0) is 111 Å². The molecule has 308 valence electrons. The fraction of sp³-hybridized carbons (Fsp3) is 0.955. The van der Waals surface area contributed by atoms with Crippen LogP contribution in [0.4, 0.5) is 4.79 Å². The van der Waals surface area contributed by atoms with Gasteiger partial charge in [-0.25, -0.2) is 4.79 Å². The van der Waals surface area contributed by atoms with Crippen molar-refractivity contribution >= 4 is 11.8 Å². The van der Waals surface area contributed by atoms with Crippen LogP contribution in [0.3, 0.4) is 0 Å². The highest BCUT2D eigenvalue weighted by Crippen LogP contribution is 2.43. The molecule has 2 fully saturated rings. The second-order valence-corrected chi connectivity index (χ2v) is 23.1. The lowest BCUT2D eigenvalue weighted by Crippen LogP contribution is -2.49. The Morgan fingerprint density at radius 3 is 1.52 bits per heavy atom. The number of carbonyl (C=O) groups is 1. The molecular weight excluding hydrogens is 651 g/mol. The average Bonchev–Trinajstić information content (AvgIpc) is 3.13. The first-order chi connectivity index (χ1) is 22.9. The van der Waals surface area contributed by atoms with Crippen LogP contribution in [-0.2, 0) is 19.0 Å². The molecule has 0 aromatic rings. The van der Waals surface area contributed by atoms with E-state index in [9.17, 15) is 4.79 Å². The van der Waals surface area contributed by atoms with Gasteiger partial charge in [0.15, 0.2) is 0 Å². The van der Waals surface area contributed by atoms with Gasteiger partial charge in [-0.2, -0.15) is 0 Å². The molecule has 2 saturated heterocycles. The van der Waals surface area contributed by atoms with Crippen LogP contribution in [-0.4, -0.2) is 76.1 Å². The van der Waals surface area contributed by atoms with Crippen LogP contribution in [0, 0.1) is 33.5 Å². The van der Waals surface area contributed by atoms with Crippen molar-refractivity contribution in [3.8, 4) is 0 Å². The minimum absolute atomic E-state index is 0.0214. The molecule has 0 aromatic carbocycles. The molecule has 0 saturated carbocycles. The van der Waals surface area contributed by atoms with E-state index in [0.717, 1.165) is 51.2 Å². The maximum Gasteiger partial charge on any atom is 0.410 e. The van der Waals surface area contributed by atoms with Crippen LogP contribution in [0.15, 0.2) is 5.16 Å². The summed E-state index contributed by atoms with van der Waals surface area (Å²) in [6, 6.07) is 0. The van der Waals surface area contributed by atoms with Gasteiger partial charge >= 0.3 is 6.09 Å². The summed E-state index contributed by atoms with van der Waals surface area (Å²) in [7, 11) is 0. The van der Waals surface area contributed by atoms with E-state index in [2.05, 4.69) is 169 Å². The van der Waals surface area contributed by atoms with Crippen LogP contribution in [0.5, 0.6) is 0 Å². The minimum atomic E-state index is -0.399. The zero-order valence-electron chi connectivity index (χ0n) is 38.7. The third kappa shape index (κ3) is 13.4. The summed E-state index contributed by atoms with van der Waals surface area (Å²) in [4.78, 5) is 22.0. The van der Waals surface area contributed by atoms with Crippen molar-refractivity contribution in [2.75, 3.05) is 26.6 Å². The third-order valence-corrected chi connectivity index (χ3v) is 12.4. The summed E-state index contributed by atoms with van der Waals surface area (Å²) < 4.78 is 18.0. The zero-order valence-corrected chi connectivity index (χ0v) is 38.7. The topological polar surface area (TPSA) is 72.8 Å². The second kappa shape index (κ2) is 16.8. The predicted molar refractivity (Wildman–Crippen MR) is 220 cm³/mol. The van der Waals surface area contributed by atoms with E-state index in [4.69, 9.17) is 19.0 Å². The van der Waals surface area contributed by atoms with E-state index in [1.807, 2.05) is 4.90 Å². The minimum Gasteiger partial charge on any atom is -0.443 e. The van der Waals surface area contributed by atoms with Crippen LogP contribution in [0.2, 0.25) is 0 Å². The van der Waals surface area contributed by atoms with E-state index < -0.39 is 5.60 Å². The Bertz CT molecular complexity index is 1170. The van der Waals surface area contributed by atoms with Crippen molar-refractivity contribution in [3.05, 3.63) is 0 Å². The Hall–Kier alpha value is -1.38. The Kier molecular flexibility index (Phi) is 15.7. The Balaban J connectivity index is 0.000000390. The number of hydrogen-bond donors (Lipinski definition) is 0. The van der Waals surface area contributed by atoms with Gasteiger partial charge in [0.05, 0.1) is 16.9 Å². The molecular formula is C44H87N3O5. The van der Waals surface area contributed by atoms with E-state index in [-0.39, 0.29) is 56.8 Å². The summed E-state index contributed by atoms with van der Waals surface area (Å²) in [5.41, 5.74) is 0.838. The largest absolute Gasteiger partial charge is 0.443 e. The Morgan fingerprint density at radius 1 is 0.635 bits per heavy atom. The van der Waals surface area contributed by atoms with Gasteiger partial charge < -0.3 is 23.9 Å². The quantitative estimate of drug-likeness (QED) is 0.246. The van der Waals surface area contributed by atoms with Gasteiger partial charge in [-0.3, -0.25) is 4.90 Å². The highest BCUT2D eigenvalue weighted by molar-refractivity contribution is 5.88. The summed E-state index contributed by atoms with van der Waals surface area (Å²) in [6.45, 7) is 53.3. The molecule has 8 heteroatoms. The number of oxime groups is 1. The maximum absolute atomic E-state index is 12.4. The summed E-state index contributed by atoms with van der Waals surface area (Å²) in [5, 5.41) is 4.19. The fourth-order valence-electron chi connectivity index (χ4n) is 6.68. The molecule has 3 heterocycles. The molecule has 3 rings (SSSR count). The smallest absolute Gasteiger partial charge is 0.410 e. The lowest BCUT2D eigenvalue weighted by atomic mass is 9.73. The van der Waals surface area contributed by atoms with Crippen molar-refractivity contribution in [1.82, 2.24) is 9.80 Å². The van der Waals surface area contributed by atoms with Crippen molar-refractivity contribution in [1.29, 1.82) is 0 Å². The van der Waals surface area contributed by atoms with Crippen LogP contribution in [0.1, 0.15) is 185 Å². The highest BCUT2D eigenvalue weighted by Gasteiger charge is 2.47. The van der Waals surface area contributed by atoms with Gasteiger partial charge in [0.2, 0.25) is 6.79 Å². The normalized spacial score (nSPS) is 31.8. The molecule has 0 N–H and O–H groups in total. The van der Waals surface area contributed by atoms with Crippen LogP contribution in [0.25, 0.3) is 0 Å². The molecule has 0 aliphatic carbocycles. The molecule has 0 bridgehead atoms. The summed E-state index contributed by atoms with van der Waals surface area (Å²) in [5.74, 6) is 1.13. The molecule has 3 aliphatic heterocycles. The maximum atomic E-state index is 12.4. The Morgan fingerprint density at radius 2 is 1.10 bits per heavy atom. The third-order valence-electron chi connectivity index (χ3n) is 12.4. The molecule has 3 aliphatic rings. The van der Waals surface area contributed by atoms with Gasteiger partial charge in [-0.1, -0.05) is 102 Å². The SMILES string of the molecule is CC(C)(C)/C1=N/OCO[C@@](C)(C(C)(C)C)CC1.C[C@H]1CN(C(C)(C)C)C(=O)O[C@@](C)(C(C)(C)C)C1.C[C@H]1CN(C(C)(C)C)CO[C@@](C)(C(C)(C)C)C1. The lowest BCUT2D eigenvalue weighted by molar-refractivity contribution is -0.182. The molecule has 0 spiro atoms. The molecule has 52 heavy (non-hydrogen) atoms. The summed E-state index contributed by atoms with van der Waals surface area (Å²) >= 11 is 0. The number of rotatable bonds is 0. The van der Waals surface area contributed by atoms with Crippen molar-refractivity contribution in [2.45, 2.75) is 213 Å². The molecule has 1 amide bonds. The number of nitrogens with zero attached hydrogens (tertiary/aromatic N) is 3. The summed E-state index contributed by atoms with van der Waals surface area (Å²) in [6.07, 6.45) is 3.79. The molecule has 0 unspecified atom stereocenters. The first kappa shape index (κ1) is 48.6. The zero-order chi connectivity index (χ0) is 41.2. The molecule has 0 aromatic heterocycles. The first-order valence-electron chi connectivity index (χ1n) is 20.1.